The Morgan fingerprint density at radius 2 is 1.61 bits per heavy atom. The number of fused-ring (bicyclic) bond motifs is 9. The monoisotopic (exact) mass is 549 g/mol. The number of thiazole rings is 1. The van der Waals surface area contributed by atoms with Gasteiger partial charge in [-0.15, -0.1) is 11.8 Å². The topological polar surface area (TPSA) is 73.5 Å². The summed E-state index contributed by atoms with van der Waals surface area (Å²) in [6.07, 6.45) is 0.847. The van der Waals surface area contributed by atoms with Crippen molar-refractivity contribution in [2.75, 3.05) is 22.9 Å². The van der Waals surface area contributed by atoms with Crippen molar-refractivity contribution in [3.63, 3.8) is 0 Å². The number of thioether (sulfide) groups is 1. The summed E-state index contributed by atoms with van der Waals surface area (Å²) in [5.41, 5.74) is 2.77. The molecule has 7 rings (SSSR count). The highest BCUT2D eigenvalue weighted by atomic mass is 32.2. The van der Waals surface area contributed by atoms with Gasteiger partial charge in [-0.2, -0.15) is 0 Å². The number of hydrogen-bond acceptors (Lipinski definition) is 6. The number of nitrogens with zero attached hydrogens (tertiary/aromatic N) is 2. The zero-order chi connectivity index (χ0) is 26.3. The molecule has 1 saturated heterocycles. The van der Waals surface area contributed by atoms with Crippen molar-refractivity contribution in [1.29, 1.82) is 0 Å². The van der Waals surface area contributed by atoms with Crippen LogP contribution in [-0.4, -0.2) is 35.1 Å². The molecule has 6 nitrogen and oxygen atoms in total. The van der Waals surface area contributed by atoms with Gasteiger partial charge in [-0.1, -0.05) is 23.5 Å². The maximum absolute atomic E-state index is 13.8. The van der Waals surface area contributed by atoms with Gasteiger partial charge in [0.05, 0.1) is 22.5 Å². The minimum Gasteiger partial charge on any atom is -0.372 e. The summed E-state index contributed by atoms with van der Waals surface area (Å²) in [6.45, 7) is 6.14. The first-order valence-electron chi connectivity index (χ1n) is 13.3. The van der Waals surface area contributed by atoms with Gasteiger partial charge in [0.15, 0.2) is 0 Å². The van der Waals surface area contributed by atoms with Gasteiger partial charge in [0.2, 0.25) is 11.8 Å². The van der Waals surface area contributed by atoms with Crippen LogP contribution in [0.3, 0.4) is 0 Å². The molecule has 9 heteroatoms. The third kappa shape index (κ3) is 3.33. The number of halogens is 1. The van der Waals surface area contributed by atoms with Crippen molar-refractivity contribution < 1.29 is 14.0 Å². The molecule has 0 spiro atoms. The zero-order valence-corrected chi connectivity index (χ0v) is 22.7. The Balaban J connectivity index is 1.28. The molecule has 2 saturated carbocycles. The van der Waals surface area contributed by atoms with Crippen LogP contribution < -0.4 is 14.7 Å². The Morgan fingerprint density at radius 3 is 2.26 bits per heavy atom. The number of hydrogen-bond donors (Lipinski definition) is 1. The molecule has 3 heterocycles. The lowest BCUT2D eigenvalue weighted by atomic mass is 9.68. The molecule has 1 aromatic heterocycles. The molecule has 4 aliphatic rings. The number of rotatable bonds is 5. The normalized spacial score (nSPS) is 30.9. The average molecular weight is 550 g/mol. The minimum absolute atomic E-state index is 0.00433. The number of carbonyl (C=O) groups is 2. The lowest BCUT2D eigenvalue weighted by molar-refractivity contribution is -0.123. The van der Waals surface area contributed by atoms with Gasteiger partial charge in [0, 0.05) is 34.8 Å². The Kier molecular flexibility index (Phi) is 5.60. The maximum Gasteiger partial charge on any atom is 0.305 e. The van der Waals surface area contributed by atoms with Crippen LogP contribution in [0.2, 0.25) is 0 Å². The first-order valence-corrected chi connectivity index (χ1v) is 15.0. The zero-order valence-electron chi connectivity index (χ0n) is 21.1. The van der Waals surface area contributed by atoms with E-state index in [0.29, 0.717) is 5.69 Å². The molecule has 196 valence electrons. The average Bonchev–Trinajstić information content (AvgIpc) is 3.65. The van der Waals surface area contributed by atoms with Crippen molar-refractivity contribution in [3.8, 4) is 0 Å². The fraction of sp³-hybridized carbons (Fsp3) is 0.414. The van der Waals surface area contributed by atoms with Gasteiger partial charge in [-0.05, 0) is 80.0 Å². The number of benzene rings is 2. The molecule has 3 fully saturated rings. The summed E-state index contributed by atoms with van der Waals surface area (Å²) in [7, 11) is 0. The molecular weight excluding hydrogens is 521 g/mol. The smallest absolute Gasteiger partial charge is 0.305 e. The highest BCUT2D eigenvalue weighted by Gasteiger charge is 2.69. The second-order valence-corrected chi connectivity index (χ2v) is 12.9. The molecule has 0 unspecified atom stereocenters. The Labute approximate surface area is 228 Å². The Morgan fingerprint density at radius 1 is 0.947 bits per heavy atom. The number of anilines is 2. The number of aromatic amines is 1. The summed E-state index contributed by atoms with van der Waals surface area (Å²) in [6, 6.07) is 14.3. The van der Waals surface area contributed by atoms with E-state index in [1.807, 2.05) is 0 Å². The van der Waals surface area contributed by atoms with E-state index in [-0.39, 0.29) is 57.4 Å². The van der Waals surface area contributed by atoms with E-state index in [1.54, 1.807) is 11.8 Å². The van der Waals surface area contributed by atoms with Gasteiger partial charge in [0.25, 0.3) is 0 Å². The third-order valence-electron chi connectivity index (χ3n) is 9.19. The SMILES string of the molecule is CCN(CC)c1ccc([C@H]2c3sc(=O)[nH]c3S[C@@H]3[C@H]4C[C@@H]([C@@H]5C(=O)N(c6ccc(F)cc6)C(=O)[C@H]45)[C@H]23)cc1. The van der Waals surface area contributed by atoms with E-state index in [2.05, 4.69) is 48.0 Å². The quantitative estimate of drug-likeness (QED) is 0.449. The van der Waals surface area contributed by atoms with Crippen LogP contribution >= 0.6 is 23.1 Å². The van der Waals surface area contributed by atoms with Crippen LogP contribution in [0.4, 0.5) is 15.8 Å². The minimum atomic E-state index is -0.398. The molecular formula is C29H28FN3O3S2. The van der Waals surface area contributed by atoms with Crippen molar-refractivity contribution in [3.05, 3.63) is 74.5 Å². The molecule has 2 amide bonds. The third-order valence-corrected chi connectivity index (χ3v) is 11.8. The van der Waals surface area contributed by atoms with Crippen LogP contribution in [0.1, 0.15) is 36.6 Å². The number of aromatic nitrogens is 1. The molecule has 7 atom stereocenters. The second-order valence-electron chi connectivity index (χ2n) is 10.7. The molecule has 38 heavy (non-hydrogen) atoms. The van der Waals surface area contributed by atoms with E-state index in [4.69, 9.17) is 0 Å². The molecule has 2 bridgehead atoms. The van der Waals surface area contributed by atoms with Gasteiger partial charge in [-0.3, -0.25) is 19.3 Å². The lowest BCUT2D eigenvalue weighted by Crippen LogP contribution is -2.42. The number of carbonyl (C=O) groups excluding carboxylic acids is 2. The fourth-order valence-electron chi connectivity index (χ4n) is 7.72. The predicted molar refractivity (Wildman–Crippen MR) is 147 cm³/mol. The van der Waals surface area contributed by atoms with Crippen LogP contribution in [0, 0.1) is 35.4 Å². The summed E-state index contributed by atoms with van der Waals surface area (Å²) in [4.78, 5) is 47.5. The van der Waals surface area contributed by atoms with Crippen molar-refractivity contribution in [1.82, 2.24) is 4.98 Å². The molecule has 3 aromatic rings. The highest BCUT2D eigenvalue weighted by molar-refractivity contribution is 8.00. The number of nitrogens with one attached hydrogen (secondary N) is 1. The second kappa shape index (κ2) is 8.81. The summed E-state index contributed by atoms with van der Waals surface area (Å²) < 4.78 is 13.6. The van der Waals surface area contributed by atoms with Gasteiger partial charge in [0.1, 0.15) is 5.82 Å². The van der Waals surface area contributed by atoms with Crippen LogP contribution in [0.15, 0.2) is 58.4 Å². The molecule has 0 radical (unpaired) electrons. The fourth-order valence-corrected chi connectivity index (χ4v) is 10.6. The van der Waals surface area contributed by atoms with E-state index in [0.717, 1.165) is 35.0 Å². The standard InChI is InChI=1S/C29H28FN3O3S2/c1-3-32(4-2)16-9-5-14(6-10-16)20-21-18-13-19(24(21)37-26-25(20)38-29(36)31-26)23-22(18)27(34)33(28(23)35)17-11-7-15(30)8-12-17/h5-12,18-24H,3-4,13H2,1-2H3,(H,31,36)/t18-,19+,20-,21-,22+,23-,24-/m1/s1. The Bertz CT molecular complexity index is 1480. The summed E-state index contributed by atoms with van der Waals surface area (Å²) in [5.74, 6) is -1.16. The first kappa shape index (κ1) is 24.2. The van der Waals surface area contributed by atoms with Crippen molar-refractivity contribution in [2.24, 2.45) is 29.6 Å². The molecule has 2 aliphatic heterocycles. The lowest BCUT2D eigenvalue weighted by Gasteiger charge is -2.43. The number of imide groups is 1. The largest absolute Gasteiger partial charge is 0.372 e. The molecule has 2 aromatic carbocycles. The van der Waals surface area contributed by atoms with Crippen molar-refractivity contribution in [2.45, 2.75) is 36.5 Å². The van der Waals surface area contributed by atoms with Crippen LogP contribution in [0.5, 0.6) is 0 Å². The van der Waals surface area contributed by atoms with E-state index < -0.39 is 5.82 Å². The number of H-pyrrole nitrogens is 1. The van der Waals surface area contributed by atoms with Crippen LogP contribution in [0.25, 0.3) is 0 Å². The Hall–Kier alpha value is -2.91. The molecule has 2 aliphatic carbocycles. The summed E-state index contributed by atoms with van der Waals surface area (Å²) in [5, 5.41) is 1.06. The highest BCUT2D eigenvalue weighted by Crippen LogP contribution is 2.68. The van der Waals surface area contributed by atoms with Crippen molar-refractivity contribution >= 4 is 46.3 Å². The van der Waals surface area contributed by atoms with Crippen LogP contribution in [-0.2, 0) is 9.59 Å². The first-order chi connectivity index (χ1) is 18.4. The maximum atomic E-state index is 13.8. The van der Waals surface area contributed by atoms with Gasteiger partial charge < -0.3 is 9.88 Å². The van der Waals surface area contributed by atoms with E-state index >= 15 is 0 Å². The summed E-state index contributed by atoms with van der Waals surface area (Å²) >= 11 is 2.97. The molecule has 1 N–H and O–H groups in total. The predicted octanol–water partition coefficient (Wildman–Crippen LogP) is 5.10. The van der Waals surface area contributed by atoms with E-state index in [9.17, 15) is 18.8 Å². The van der Waals surface area contributed by atoms with Gasteiger partial charge >= 0.3 is 4.87 Å². The van der Waals surface area contributed by atoms with E-state index in [1.165, 1.54) is 46.2 Å². The van der Waals surface area contributed by atoms with Gasteiger partial charge in [-0.25, -0.2) is 4.39 Å². The number of amides is 2.